The number of aromatic nitrogens is 2. The number of rotatable bonds is 4. The van der Waals surface area contributed by atoms with Crippen molar-refractivity contribution in [2.75, 3.05) is 0 Å². The first-order valence-electron chi connectivity index (χ1n) is 7.36. The summed E-state index contributed by atoms with van der Waals surface area (Å²) in [5.74, 6) is 0.602. The molecule has 1 fully saturated rings. The van der Waals surface area contributed by atoms with Crippen LogP contribution in [0, 0.1) is 12.8 Å². The van der Waals surface area contributed by atoms with Crippen molar-refractivity contribution in [3.8, 4) is 0 Å². The van der Waals surface area contributed by atoms with Gasteiger partial charge in [-0.1, -0.05) is 18.6 Å². The lowest BCUT2D eigenvalue weighted by molar-refractivity contribution is 0.540. The molecule has 0 atom stereocenters. The van der Waals surface area contributed by atoms with Crippen LogP contribution in [0.3, 0.4) is 0 Å². The fourth-order valence-electron chi connectivity index (χ4n) is 2.69. The van der Waals surface area contributed by atoms with Crippen LogP contribution in [0.2, 0.25) is 0 Å². The van der Waals surface area contributed by atoms with Gasteiger partial charge in [0.15, 0.2) is 0 Å². The van der Waals surface area contributed by atoms with Crippen LogP contribution in [0.5, 0.6) is 0 Å². The predicted molar refractivity (Wildman–Crippen MR) is 80.2 cm³/mol. The van der Waals surface area contributed by atoms with Gasteiger partial charge in [0.05, 0.1) is 10.9 Å². The van der Waals surface area contributed by atoms with Crippen LogP contribution in [0.15, 0.2) is 27.8 Å². The molecule has 3 rings (SSSR count). The molecule has 4 nitrogen and oxygen atoms in total. The number of benzene rings is 1. The summed E-state index contributed by atoms with van der Waals surface area (Å²) < 4.78 is 3.19. The fourth-order valence-corrected chi connectivity index (χ4v) is 2.69. The Labute approximate surface area is 117 Å². The van der Waals surface area contributed by atoms with Crippen molar-refractivity contribution < 1.29 is 0 Å². The molecule has 0 aliphatic heterocycles. The Hall–Kier alpha value is -1.84. The predicted octanol–water partition coefficient (Wildman–Crippen LogP) is 2.29. The second-order valence-corrected chi connectivity index (χ2v) is 5.81. The Balaban J connectivity index is 2.33. The van der Waals surface area contributed by atoms with Crippen LogP contribution < -0.4 is 11.2 Å². The third-order valence-corrected chi connectivity index (χ3v) is 3.97. The van der Waals surface area contributed by atoms with Crippen LogP contribution >= 0.6 is 0 Å². The Kier molecular flexibility index (Phi) is 3.24. The van der Waals surface area contributed by atoms with Gasteiger partial charge in [-0.05, 0) is 44.2 Å². The average Bonchev–Trinajstić information content (AvgIpc) is 3.24. The molecule has 0 radical (unpaired) electrons. The van der Waals surface area contributed by atoms with Gasteiger partial charge in [-0.25, -0.2) is 4.79 Å². The van der Waals surface area contributed by atoms with Crippen molar-refractivity contribution in [1.29, 1.82) is 0 Å². The van der Waals surface area contributed by atoms with Gasteiger partial charge < -0.3 is 0 Å². The zero-order valence-electron chi connectivity index (χ0n) is 12.1. The van der Waals surface area contributed by atoms with Crippen LogP contribution in [0.1, 0.15) is 31.7 Å². The first kappa shape index (κ1) is 13.2. The molecule has 0 spiro atoms. The highest BCUT2D eigenvalue weighted by Crippen LogP contribution is 2.30. The topological polar surface area (TPSA) is 44.0 Å². The second-order valence-electron chi connectivity index (χ2n) is 5.81. The van der Waals surface area contributed by atoms with Crippen molar-refractivity contribution >= 4 is 10.9 Å². The van der Waals surface area contributed by atoms with Gasteiger partial charge in [-0.15, -0.1) is 0 Å². The summed E-state index contributed by atoms with van der Waals surface area (Å²) in [6, 6.07) is 5.77. The van der Waals surface area contributed by atoms with Crippen molar-refractivity contribution in [3.05, 3.63) is 44.6 Å². The highest BCUT2D eigenvalue weighted by atomic mass is 16.2. The van der Waals surface area contributed by atoms with Gasteiger partial charge in [-0.2, -0.15) is 0 Å². The zero-order chi connectivity index (χ0) is 14.3. The number of hydrogen-bond acceptors (Lipinski definition) is 2. The highest BCUT2D eigenvalue weighted by Gasteiger charge is 2.24. The molecule has 1 aliphatic carbocycles. The van der Waals surface area contributed by atoms with E-state index >= 15 is 0 Å². The molecule has 20 heavy (non-hydrogen) atoms. The van der Waals surface area contributed by atoms with Crippen LogP contribution in [0.4, 0.5) is 0 Å². The molecular weight excluding hydrogens is 252 g/mol. The van der Waals surface area contributed by atoms with Gasteiger partial charge in [0.25, 0.3) is 5.56 Å². The molecule has 1 heterocycles. The standard InChI is InChI=1S/C16H20N2O2/c1-3-8-17-15(19)13-9-11(2)4-7-14(13)18(16(17)20)10-12-5-6-12/h4,7,9,12H,3,5-6,8,10H2,1-2H3. The molecule has 1 saturated carbocycles. The third kappa shape index (κ3) is 2.19. The van der Waals surface area contributed by atoms with E-state index in [1.807, 2.05) is 32.0 Å². The minimum atomic E-state index is -0.153. The summed E-state index contributed by atoms with van der Waals surface area (Å²) in [6.07, 6.45) is 3.16. The van der Waals surface area contributed by atoms with Crippen LogP contribution in [-0.4, -0.2) is 9.13 Å². The SMILES string of the molecule is CCCn1c(=O)c2cc(C)ccc2n(CC2CC2)c1=O. The quantitative estimate of drug-likeness (QED) is 0.857. The van der Waals surface area contributed by atoms with Crippen molar-refractivity contribution in [3.63, 3.8) is 0 Å². The first-order valence-corrected chi connectivity index (χ1v) is 7.36. The fraction of sp³-hybridized carbons (Fsp3) is 0.500. The summed E-state index contributed by atoms with van der Waals surface area (Å²) >= 11 is 0. The molecule has 0 unspecified atom stereocenters. The Bertz CT molecular complexity index is 766. The highest BCUT2D eigenvalue weighted by molar-refractivity contribution is 5.78. The third-order valence-electron chi connectivity index (χ3n) is 3.97. The van der Waals surface area contributed by atoms with Crippen molar-refractivity contribution in [2.24, 2.45) is 5.92 Å². The van der Waals surface area contributed by atoms with E-state index in [-0.39, 0.29) is 11.2 Å². The summed E-state index contributed by atoms with van der Waals surface area (Å²) in [5.41, 5.74) is 1.53. The number of nitrogens with zero attached hydrogens (tertiary/aromatic N) is 2. The molecule has 0 N–H and O–H groups in total. The minimum Gasteiger partial charge on any atom is -0.293 e. The van der Waals surface area contributed by atoms with Gasteiger partial charge >= 0.3 is 5.69 Å². The molecule has 0 saturated heterocycles. The lowest BCUT2D eigenvalue weighted by Gasteiger charge is -2.13. The first-order chi connectivity index (χ1) is 9.61. The maximum absolute atomic E-state index is 12.6. The molecule has 1 aliphatic rings. The second kappa shape index (κ2) is 4.93. The largest absolute Gasteiger partial charge is 0.331 e. The normalized spacial score (nSPS) is 14.9. The summed E-state index contributed by atoms with van der Waals surface area (Å²) in [5, 5.41) is 0.665. The molecule has 0 bridgehead atoms. The van der Waals surface area contributed by atoms with Gasteiger partial charge in [0.1, 0.15) is 0 Å². The lowest BCUT2D eigenvalue weighted by atomic mass is 10.1. The monoisotopic (exact) mass is 272 g/mol. The van der Waals surface area contributed by atoms with Crippen molar-refractivity contribution in [2.45, 2.75) is 46.2 Å². The Morgan fingerprint density at radius 1 is 1.20 bits per heavy atom. The van der Waals surface area contributed by atoms with E-state index in [9.17, 15) is 9.59 Å². The maximum atomic E-state index is 12.6. The zero-order valence-corrected chi connectivity index (χ0v) is 12.1. The van der Waals surface area contributed by atoms with E-state index in [1.165, 1.54) is 17.4 Å². The summed E-state index contributed by atoms with van der Waals surface area (Å²) in [4.78, 5) is 25.1. The molecule has 0 amide bonds. The lowest BCUT2D eigenvalue weighted by Crippen LogP contribution is -2.40. The minimum absolute atomic E-state index is 0.150. The number of hydrogen-bond donors (Lipinski definition) is 0. The van der Waals surface area contributed by atoms with E-state index in [4.69, 9.17) is 0 Å². The number of fused-ring (bicyclic) bond motifs is 1. The van der Waals surface area contributed by atoms with Crippen LogP contribution in [0.25, 0.3) is 10.9 Å². The van der Waals surface area contributed by atoms with E-state index < -0.39 is 0 Å². The average molecular weight is 272 g/mol. The van der Waals surface area contributed by atoms with Gasteiger partial charge in [0, 0.05) is 13.1 Å². The molecule has 4 heteroatoms. The summed E-state index contributed by atoms with van der Waals surface area (Å²) in [6.45, 7) is 5.19. The summed E-state index contributed by atoms with van der Waals surface area (Å²) in [7, 11) is 0. The van der Waals surface area contributed by atoms with E-state index in [0.717, 1.165) is 24.0 Å². The maximum Gasteiger partial charge on any atom is 0.331 e. The molecular formula is C16H20N2O2. The van der Waals surface area contributed by atoms with E-state index in [0.29, 0.717) is 17.8 Å². The van der Waals surface area contributed by atoms with Crippen molar-refractivity contribution in [1.82, 2.24) is 9.13 Å². The van der Waals surface area contributed by atoms with E-state index in [1.54, 1.807) is 4.57 Å². The van der Waals surface area contributed by atoms with Crippen LogP contribution in [-0.2, 0) is 13.1 Å². The Morgan fingerprint density at radius 3 is 2.60 bits per heavy atom. The van der Waals surface area contributed by atoms with E-state index in [2.05, 4.69) is 0 Å². The Morgan fingerprint density at radius 2 is 1.95 bits per heavy atom. The molecule has 1 aromatic carbocycles. The molecule has 106 valence electrons. The smallest absolute Gasteiger partial charge is 0.293 e. The molecule has 2 aromatic rings. The number of aryl methyl sites for hydroxylation is 1. The van der Waals surface area contributed by atoms with Gasteiger partial charge in [-0.3, -0.25) is 13.9 Å². The molecule has 1 aromatic heterocycles. The van der Waals surface area contributed by atoms with Gasteiger partial charge in [0.2, 0.25) is 0 Å².